The number of aromatic amines is 1. The lowest BCUT2D eigenvalue weighted by Gasteiger charge is -2.04. The van der Waals surface area contributed by atoms with Gasteiger partial charge in [-0.25, -0.2) is 9.97 Å². The van der Waals surface area contributed by atoms with E-state index in [0.717, 1.165) is 24.8 Å². The van der Waals surface area contributed by atoms with Crippen LogP contribution in [0.3, 0.4) is 0 Å². The van der Waals surface area contributed by atoms with Crippen LogP contribution >= 0.6 is 0 Å². The van der Waals surface area contributed by atoms with Crippen molar-refractivity contribution in [2.24, 2.45) is 0 Å². The van der Waals surface area contributed by atoms with Gasteiger partial charge in [0.25, 0.3) is 11.4 Å². The number of hydrogen-bond donors (Lipinski definition) is 2. The van der Waals surface area contributed by atoms with Crippen molar-refractivity contribution in [1.29, 1.82) is 0 Å². The first kappa shape index (κ1) is 18.5. The normalized spacial score (nSPS) is 10.8. The summed E-state index contributed by atoms with van der Waals surface area (Å²) < 4.78 is 5.37. The van der Waals surface area contributed by atoms with E-state index in [1.165, 1.54) is 18.0 Å². The van der Waals surface area contributed by atoms with Gasteiger partial charge in [0.2, 0.25) is 0 Å². The van der Waals surface area contributed by atoms with Crippen LogP contribution in [0.5, 0.6) is 0 Å². The monoisotopic (exact) mass is 388 g/mol. The van der Waals surface area contributed by atoms with Gasteiger partial charge in [-0.05, 0) is 30.5 Å². The zero-order chi connectivity index (χ0) is 19.9. The second-order valence-electron chi connectivity index (χ2n) is 6.54. The van der Waals surface area contributed by atoms with Gasteiger partial charge in [0, 0.05) is 18.7 Å². The van der Waals surface area contributed by atoms with Crippen LogP contribution in [-0.2, 0) is 19.4 Å². The van der Waals surface area contributed by atoms with E-state index in [0.29, 0.717) is 29.8 Å². The largest absolute Gasteiger partial charge is 0.364 e. The number of anilines is 1. The van der Waals surface area contributed by atoms with Crippen molar-refractivity contribution >= 4 is 5.82 Å². The number of aryl methyl sites for hydroxylation is 2. The van der Waals surface area contributed by atoms with Gasteiger partial charge in [0.1, 0.15) is 5.82 Å². The first-order valence-electron chi connectivity index (χ1n) is 9.37. The zero-order valence-electron chi connectivity index (χ0n) is 15.7. The molecule has 0 spiro atoms. The van der Waals surface area contributed by atoms with Crippen LogP contribution in [0, 0.1) is 0 Å². The Balaban J connectivity index is 1.31. The number of aromatic nitrogens is 5. The lowest BCUT2D eigenvalue weighted by molar-refractivity contribution is 0.421. The van der Waals surface area contributed by atoms with E-state index >= 15 is 0 Å². The number of pyridine rings is 1. The van der Waals surface area contributed by atoms with Gasteiger partial charge in [-0.3, -0.25) is 4.79 Å². The Labute approximate surface area is 167 Å². The molecule has 8 heteroatoms. The molecule has 0 bridgehead atoms. The topological polar surface area (TPSA) is 110 Å². The number of nitrogens with one attached hydrogen (secondary N) is 2. The quantitative estimate of drug-likeness (QED) is 0.477. The van der Waals surface area contributed by atoms with Gasteiger partial charge in [0.15, 0.2) is 5.82 Å². The van der Waals surface area contributed by atoms with Crippen LogP contribution in [0.4, 0.5) is 5.82 Å². The number of nitrogens with zero attached hydrogens (tertiary/aromatic N) is 4. The van der Waals surface area contributed by atoms with E-state index < -0.39 is 0 Å². The number of benzene rings is 1. The molecule has 0 saturated heterocycles. The summed E-state index contributed by atoms with van der Waals surface area (Å²) in [5, 5.41) is 7.18. The lowest BCUT2D eigenvalue weighted by atomic mass is 10.1. The van der Waals surface area contributed by atoms with E-state index in [1.807, 2.05) is 30.3 Å². The minimum absolute atomic E-state index is 0.184. The van der Waals surface area contributed by atoms with E-state index in [2.05, 4.69) is 42.5 Å². The summed E-state index contributed by atoms with van der Waals surface area (Å²) in [6.07, 6.45) is 5.75. The molecule has 1 aromatic carbocycles. The highest BCUT2D eigenvalue weighted by Gasteiger charge is 2.09. The predicted octanol–water partition coefficient (Wildman–Crippen LogP) is 3.00. The third-order valence-corrected chi connectivity index (χ3v) is 4.37. The molecular formula is C21H20N6O2. The minimum atomic E-state index is -0.184. The van der Waals surface area contributed by atoms with E-state index in [1.54, 1.807) is 6.20 Å². The minimum Gasteiger partial charge on any atom is -0.364 e. The van der Waals surface area contributed by atoms with E-state index in [4.69, 9.17) is 4.52 Å². The van der Waals surface area contributed by atoms with Crippen LogP contribution in [0.1, 0.15) is 23.5 Å². The molecule has 0 radical (unpaired) electrons. The summed E-state index contributed by atoms with van der Waals surface area (Å²) in [6, 6.07) is 15.5. The summed E-state index contributed by atoms with van der Waals surface area (Å²) in [6.45, 7) is 0.405. The first-order valence-corrected chi connectivity index (χ1v) is 9.37. The first-order chi connectivity index (χ1) is 14.3. The van der Waals surface area contributed by atoms with Crippen LogP contribution in [-0.4, -0.2) is 25.1 Å². The highest BCUT2D eigenvalue weighted by Crippen LogP contribution is 2.18. The molecule has 0 aliphatic carbocycles. The third-order valence-electron chi connectivity index (χ3n) is 4.37. The highest BCUT2D eigenvalue weighted by atomic mass is 16.5. The van der Waals surface area contributed by atoms with Crippen LogP contribution in [0.25, 0.3) is 11.5 Å². The molecule has 4 rings (SSSR count). The van der Waals surface area contributed by atoms with Crippen molar-refractivity contribution < 1.29 is 4.52 Å². The molecule has 0 aliphatic rings. The fourth-order valence-electron chi connectivity index (χ4n) is 2.88. The molecule has 0 fully saturated rings. The molecule has 0 aliphatic heterocycles. The van der Waals surface area contributed by atoms with Crippen molar-refractivity contribution in [2.45, 2.75) is 25.8 Å². The van der Waals surface area contributed by atoms with Gasteiger partial charge in [-0.1, -0.05) is 35.5 Å². The SMILES string of the molecule is O=c1cc(CNc2ccc(-c3nc(CCCc4ccccc4)no3)cn2)nc[nH]1. The fraction of sp³-hybridized carbons (Fsp3) is 0.190. The second kappa shape index (κ2) is 8.92. The Hall–Kier alpha value is -3.81. The summed E-state index contributed by atoms with van der Waals surface area (Å²) >= 11 is 0. The van der Waals surface area contributed by atoms with Gasteiger partial charge in [-0.15, -0.1) is 0 Å². The number of H-pyrrole nitrogens is 1. The van der Waals surface area contributed by atoms with Crippen LogP contribution in [0.2, 0.25) is 0 Å². The highest BCUT2D eigenvalue weighted by molar-refractivity contribution is 5.54. The molecule has 2 N–H and O–H groups in total. The maximum absolute atomic E-state index is 11.3. The van der Waals surface area contributed by atoms with Crippen LogP contribution < -0.4 is 10.9 Å². The summed E-state index contributed by atoms with van der Waals surface area (Å²) in [4.78, 5) is 26.7. The summed E-state index contributed by atoms with van der Waals surface area (Å²) in [7, 11) is 0. The van der Waals surface area contributed by atoms with Gasteiger partial charge in [0.05, 0.1) is 24.1 Å². The molecular weight excluding hydrogens is 368 g/mol. The Morgan fingerprint density at radius 1 is 1.03 bits per heavy atom. The maximum Gasteiger partial charge on any atom is 0.259 e. The fourth-order valence-corrected chi connectivity index (χ4v) is 2.88. The summed E-state index contributed by atoms with van der Waals surface area (Å²) in [5.41, 5.74) is 2.51. The molecule has 146 valence electrons. The smallest absolute Gasteiger partial charge is 0.259 e. The summed E-state index contributed by atoms with van der Waals surface area (Å²) in [5.74, 6) is 1.81. The number of hydrogen-bond acceptors (Lipinski definition) is 7. The second-order valence-corrected chi connectivity index (χ2v) is 6.54. The van der Waals surface area contributed by atoms with Crippen molar-refractivity contribution in [3.8, 4) is 11.5 Å². The van der Waals surface area contributed by atoms with Crippen molar-refractivity contribution in [2.75, 3.05) is 5.32 Å². The van der Waals surface area contributed by atoms with Gasteiger partial charge in [-0.2, -0.15) is 4.98 Å². The Morgan fingerprint density at radius 2 is 1.93 bits per heavy atom. The average Bonchev–Trinajstić information content (AvgIpc) is 3.22. The maximum atomic E-state index is 11.3. The predicted molar refractivity (Wildman–Crippen MR) is 108 cm³/mol. The Bertz CT molecular complexity index is 1110. The van der Waals surface area contributed by atoms with Gasteiger partial charge >= 0.3 is 0 Å². The molecule has 8 nitrogen and oxygen atoms in total. The van der Waals surface area contributed by atoms with Gasteiger partial charge < -0.3 is 14.8 Å². The van der Waals surface area contributed by atoms with Crippen molar-refractivity contribution in [3.63, 3.8) is 0 Å². The lowest BCUT2D eigenvalue weighted by Crippen LogP contribution is -2.10. The Morgan fingerprint density at radius 3 is 2.72 bits per heavy atom. The molecule has 0 unspecified atom stereocenters. The molecule has 29 heavy (non-hydrogen) atoms. The molecule has 0 saturated carbocycles. The molecule has 0 atom stereocenters. The Kier molecular flexibility index (Phi) is 5.70. The van der Waals surface area contributed by atoms with Crippen LogP contribution in [0.15, 0.2) is 70.4 Å². The standard InChI is InChI=1S/C21H20N6O2/c28-20-11-17(24-14-25-20)13-23-18-10-9-16(12-22-18)21-26-19(27-29-21)8-4-7-15-5-2-1-3-6-15/h1-3,5-6,9-12,14H,4,7-8,13H2,(H,22,23)(H,24,25,28). The van der Waals surface area contributed by atoms with Crippen molar-refractivity contribution in [3.05, 3.63) is 88.5 Å². The van der Waals surface area contributed by atoms with E-state index in [-0.39, 0.29) is 5.56 Å². The molecule has 4 aromatic rings. The number of rotatable bonds is 8. The molecule has 3 heterocycles. The molecule has 3 aromatic heterocycles. The average molecular weight is 388 g/mol. The van der Waals surface area contributed by atoms with Crippen molar-refractivity contribution in [1.82, 2.24) is 25.1 Å². The zero-order valence-corrected chi connectivity index (χ0v) is 15.7. The van der Waals surface area contributed by atoms with E-state index in [9.17, 15) is 4.79 Å². The third kappa shape index (κ3) is 5.13. The molecule has 0 amide bonds.